The quantitative estimate of drug-likeness (QED) is 0.393. The lowest BCUT2D eigenvalue weighted by atomic mass is 10.3. The molecule has 12 heteroatoms. The molecular formula is C16H16O4S8. The summed E-state index contributed by atoms with van der Waals surface area (Å²) in [5.41, 5.74) is 0. The fourth-order valence-corrected chi connectivity index (χ4v) is 15.2. The number of carbonyl (C=O) groups excluding carboxylic acids is 2. The zero-order valence-corrected chi connectivity index (χ0v) is 21.4. The fourth-order valence-electron chi connectivity index (χ4n) is 2.41. The summed E-state index contributed by atoms with van der Waals surface area (Å²) in [5, 5.41) is 0.150. The Bertz CT molecular complexity index is 730. The van der Waals surface area contributed by atoms with Crippen LogP contribution in [0.3, 0.4) is 0 Å². The highest BCUT2D eigenvalue weighted by Crippen LogP contribution is 2.68. The van der Waals surface area contributed by atoms with Gasteiger partial charge in [-0.15, -0.1) is 47.0 Å². The zero-order valence-electron chi connectivity index (χ0n) is 14.9. The molecule has 0 aliphatic carbocycles. The molecule has 4 aliphatic heterocycles. The van der Waals surface area contributed by atoms with Crippen LogP contribution in [0.25, 0.3) is 0 Å². The molecule has 0 fully saturated rings. The van der Waals surface area contributed by atoms with E-state index >= 15 is 0 Å². The van der Waals surface area contributed by atoms with Crippen molar-refractivity contribution in [2.24, 2.45) is 0 Å². The van der Waals surface area contributed by atoms with Crippen molar-refractivity contribution >= 4 is 106 Å². The van der Waals surface area contributed by atoms with E-state index in [1.165, 1.54) is 50.8 Å². The second kappa shape index (κ2) is 10.1. The van der Waals surface area contributed by atoms with Gasteiger partial charge in [-0.05, 0) is 0 Å². The Labute approximate surface area is 198 Å². The van der Waals surface area contributed by atoms with Gasteiger partial charge in [0.05, 0.1) is 35.9 Å². The summed E-state index contributed by atoms with van der Waals surface area (Å²) in [5.74, 6) is 1.82. The molecule has 0 unspecified atom stereocenters. The van der Waals surface area contributed by atoms with Crippen LogP contribution >= 0.6 is 94.1 Å². The molecule has 0 radical (unpaired) electrons. The molecule has 0 amide bonds. The van der Waals surface area contributed by atoms with Crippen molar-refractivity contribution in [2.45, 2.75) is 24.3 Å². The number of ether oxygens (including phenoxy) is 2. The number of rotatable bonds is 4. The first kappa shape index (κ1) is 22.2. The van der Waals surface area contributed by atoms with Crippen molar-refractivity contribution < 1.29 is 19.1 Å². The monoisotopic (exact) mass is 528 g/mol. The van der Waals surface area contributed by atoms with Gasteiger partial charge in [-0.25, -0.2) is 0 Å². The zero-order chi connectivity index (χ0) is 19.7. The van der Waals surface area contributed by atoms with E-state index in [1.54, 1.807) is 23.5 Å². The lowest BCUT2D eigenvalue weighted by Crippen LogP contribution is -2.32. The minimum Gasteiger partial charge on any atom is -0.465 e. The van der Waals surface area contributed by atoms with Gasteiger partial charge >= 0.3 is 11.9 Å². The van der Waals surface area contributed by atoms with Crippen LogP contribution in [-0.2, 0) is 19.1 Å². The van der Waals surface area contributed by atoms with Gasteiger partial charge in [0.25, 0.3) is 0 Å². The summed E-state index contributed by atoms with van der Waals surface area (Å²) in [6, 6.07) is 0. The molecule has 28 heavy (non-hydrogen) atoms. The van der Waals surface area contributed by atoms with E-state index in [9.17, 15) is 9.59 Å². The Morgan fingerprint density at radius 3 is 1.50 bits per heavy atom. The standard InChI is InChI=1S/C16H16O4S8/c1-7(17)19-5-9-10(6-20-8(2)18)24-14-13(23-9)27-16(28-14)15-25-11-12(26-15)22-4-3-21-11/h9-10H,3-6H2,1-2H3/t9-,10-/m1/s1. The van der Waals surface area contributed by atoms with Crippen LogP contribution < -0.4 is 0 Å². The molecule has 4 aliphatic rings. The first-order valence-electron chi connectivity index (χ1n) is 8.29. The van der Waals surface area contributed by atoms with Gasteiger partial charge in [0, 0.05) is 25.4 Å². The van der Waals surface area contributed by atoms with E-state index in [0.29, 0.717) is 13.2 Å². The highest BCUT2D eigenvalue weighted by molar-refractivity contribution is 8.45. The molecule has 0 saturated heterocycles. The van der Waals surface area contributed by atoms with E-state index in [1.807, 2.05) is 70.6 Å². The molecule has 4 heterocycles. The van der Waals surface area contributed by atoms with E-state index < -0.39 is 0 Å². The van der Waals surface area contributed by atoms with Crippen molar-refractivity contribution in [2.75, 3.05) is 24.7 Å². The van der Waals surface area contributed by atoms with E-state index in [-0.39, 0.29) is 22.4 Å². The van der Waals surface area contributed by atoms with Crippen LogP contribution in [0.15, 0.2) is 25.4 Å². The van der Waals surface area contributed by atoms with Crippen molar-refractivity contribution in [1.29, 1.82) is 0 Å². The Kier molecular flexibility index (Phi) is 7.96. The van der Waals surface area contributed by atoms with Crippen LogP contribution in [0, 0.1) is 0 Å². The minimum atomic E-state index is -0.279. The molecule has 0 N–H and O–H groups in total. The lowest BCUT2D eigenvalue weighted by molar-refractivity contribution is -0.143. The highest BCUT2D eigenvalue weighted by Gasteiger charge is 2.39. The third-order valence-corrected chi connectivity index (χ3v) is 16.1. The molecule has 0 spiro atoms. The van der Waals surface area contributed by atoms with E-state index in [0.717, 1.165) is 0 Å². The number of esters is 2. The third-order valence-electron chi connectivity index (χ3n) is 3.62. The predicted molar refractivity (Wildman–Crippen MR) is 132 cm³/mol. The van der Waals surface area contributed by atoms with Crippen molar-refractivity contribution in [3.05, 3.63) is 25.4 Å². The SMILES string of the molecule is CC(=O)OC[C@H]1SC2=C(SC(=C3SC4=C(SCCS4)S3)S2)S[C@@H]1COC(C)=O. The molecule has 0 bridgehead atoms. The normalized spacial score (nSPS) is 27.1. The van der Waals surface area contributed by atoms with Gasteiger partial charge in [0.15, 0.2) is 0 Å². The molecule has 4 rings (SSSR count). The molecule has 2 atom stereocenters. The van der Waals surface area contributed by atoms with Crippen molar-refractivity contribution in [3.63, 3.8) is 0 Å². The van der Waals surface area contributed by atoms with Gasteiger partial charge < -0.3 is 9.47 Å². The van der Waals surface area contributed by atoms with Crippen LogP contribution in [0.1, 0.15) is 13.8 Å². The average molecular weight is 529 g/mol. The van der Waals surface area contributed by atoms with Crippen LogP contribution in [0.2, 0.25) is 0 Å². The van der Waals surface area contributed by atoms with Crippen LogP contribution in [0.5, 0.6) is 0 Å². The largest absolute Gasteiger partial charge is 0.465 e. The lowest BCUT2D eigenvalue weighted by Gasteiger charge is -2.29. The van der Waals surface area contributed by atoms with Crippen LogP contribution in [-0.4, -0.2) is 47.2 Å². The number of thioether (sulfide) groups is 8. The highest BCUT2D eigenvalue weighted by atomic mass is 32.3. The average Bonchev–Trinajstić information content (AvgIpc) is 3.27. The molecule has 152 valence electrons. The molecule has 0 saturated carbocycles. The van der Waals surface area contributed by atoms with E-state index in [4.69, 9.17) is 9.47 Å². The number of carbonyl (C=O) groups is 2. The maximum Gasteiger partial charge on any atom is 0.302 e. The summed E-state index contributed by atoms with van der Waals surface area (Å²) in [7, 11) is 0. The second-order valence-electron chi connectivity index (χ2n) is 5.75. The Morgan fingerprint density at radius 2 is 1.11 bits per heavy atom. The number of hydrogen-bond acceptors (Lipinski definition) is 12. The second-order valence-corrected chi connectivity index (χ2v) is 16.1. The van der Waals surface area contributed by atoms with E-state index in [2.05, 4.69) is 0 Å². The maximum atomic E-state index is 11.3. The first-order chi connectivity index (χ1) is 13.5. The van der Waals surface area contributed by atoms with Crippen LogP contribution in [0.4, 0.5) is 0 Å². The van der Waals surface area contributed by atoms with Crippen molar-refractivity contribution in [1.82, 2.24) is 0 Å². The molecule has 0 aromatic heterocycles. The van der Waals surface area contributed by atoms with Gasteiger partial charge in [0.1, 0.15) is 13.2 Å². The minimum absolute atomic E-state index is 0.0748. The molecule has 0 aromatic rings. The predicted octanol–water partition coefficient (Wildman–Crippen LogP) is 6.15. The van der Waals surface area contributed by atoms with Gasteiger partial charge in [-0.1, -0.05) is 47.0 Å². The Hall–Kier alpha value is 0.960. The van der Waals surface area contributed by atoms with Gasteiger partial charge in [0.2, 0.25) is 0 Å². The maximum absolute atomic E-state index is 11.3. The Balaban J connectivity index is 1.45. The summed E-state index contributed by atoms with van der Waals surface area (Å²) in [6.45, 7) is 3.52. The van der Waals surface area contributed by atoms with Gasteiger partial charge in [-0.3, -0.25) is 9.59 Å². The summed E-state index contributed by atoms with van der Waals surface area (Å²) >= 11 is 14.9. The van der Waals surface area contributed by atoms with Crippen molar-refractivity contribution in [3.8, 4) is 0 Å². The smallest absolute Gasteiger partial charge is 0.302 e. The summed E-state index contributed by atoms with van der Waals surface area (Å²) in [4.78, 5) is 22.5. The first-order valence-corrected chi connectivity index (χ1v) is 15.3. The third kappa shape index (κ3) is 5.41. The summed E-state index contributed by atoms with van der Waals surface area (Å²) < 4.78 is 18.7. The molecule has 0 aromatic carbocycles. The molecule has 4 nitrogen and oxygen atoms in total. The topological polar surface area (TPSA) is 52.6 Å². The molecular weight excluding hydrogens is 513 g/mol. The number of hydrogen-bond donors (Lipinski definition) is 0. The Morgan fingerprint density at radius 1 is 0.714 bits per heavy atom. The summed E-state index contributed by atoms with van der Waals surface area (Å²) in [6.07, 6.45) is 0. The fraction of sp³-hybridized carbons (Fsp3) is 0.500. The van der Waals surface area contributed by atoms with Gasteiger partial charge in [-0.2, -0.15) is 0 Å².